The lowest BCUT2D eigenvalue weighted by Crippen LogP contribution is -2.14. The highest BCUT2D eigenvalue weighted by atomic mass is 35.5. The molecule has 0 unspecified atom stereocenters. The number of nitrogens with zero attached hydrogens (tertiary/aromatic N) is 3. The molecule has 1 N–H and O–H groups in total. The first-order chi connectivity index (χ1) is 10.4. The van der Waals surface area contributed by atoms with Gasteiger partial charge in [0.15, 0.2) is 0 Å². The first kappa shape index (κ1) is 15.0. The van der Waals surface area contributed by atoms with Crippen LogP contribution < -0.4 is 10.9 Å². The Kier molecular flexibility index (Phi) is 3.86. The maximum absolute atomic E-state index is 12.2. The van der Waals surface area contributed by atoms with Crippen LogP contribution in [0.25, 0.3) is 4.96 Å². The first-order valence-corrected chi connectivity index (χ1v) is 7.65. The van der Waals surface area contributed by atoms with Crippen LogP contribution in [0.5, 0.6) is 0 Å². The van der Waals surface area contributed by atoms with Gasteiger partial charge in [-0.05, 0) is 25.1 Å². The fraction of sp³-hybridized carbons (Fsp3) is 0.0769. The van der Waals surface area contributed by atoms with Crippen molar-refractivity contribution in [1.29, 1.82) is 0 Å². The molecule has 22 heavy (non-hydrogen) atoms. The predicted molar refractivity (Wildman–Crippen MR) is 86.3 cm³/mol. The second-order valence-corrected chi connectivity index (χ2v) is 6.23. The van der Waals surface area contributed by atoms with Gasteiger partial charge in [-0.3, -0.25) is 9.59 Å². The van der Waals surface area contributed by atoms with Crippen LogP contribution in [0.3, 0.4) is 0 Å². The minimum atomic E-state index is -0.404. The zero-order chi connectivity index (χ0) is 15.9. The van der Waals surface area contributed by atoms with Gasteiger partial charge in [0.25, 0.3) is 11.5 Å². The maximum atomic E-state index is 12.2. The van der Waals surface area contributed by atoms with Crippen LogP contribution in [-0.2, 0) is 0 Å². The molecular formula is C13H8Cl2N4O2S. The number of carbonyl (C=O) groups excluding carboxylic acids is 1. The topological polar surface area (TPSA) is 76.4 Å². The normalized spacial score (nSPS) is 10.9. The minimum absolute atomic E-state index is 0.270. The monoisotopic (exact) mass is 354 g/mol. The molecule has 2 heterocycles. The molecule has 0 radical (unpaired) electrons. The Morgan fingerprint density at radius 2 is 2.09 bits per heavy atom. The lowest BCUT2D eigenvalue weighted by atomic mass is 10.3. The molecule has 3 rings (SSSR count). The van der Waals surface area contributed by atoms with E-state index < -0.39 is 5.56 Å². The smallest absolute Gasteiger partial charge is 0.295 e. The molecule has 0 bridgehead atoms. The van der Waals surface area contributed by atoms with Gasteiger partial charge in [0, 0.05) is 5.69 Å². The summed E-state index contributed by atoms with van der Waals surface area (Å²) >= 11 is 12.8. The van der Waals surface area contributed by atoms with Crippen LogP contribution >= 0.6 is 34.5 Å². The van der Waals surface area contributed by atoms with Crippen LogP contribution in [0.4, 0.5) is 5.69 Å². The Labute approximate surface area is 138 Å². The molecule has 112 valence electrons. The van der Waals surface area contributed by atoms with Gasteiger partial charge in [-0.1, -0.05) is 34.5 Å². The summed E-state index contributed by atoms with van der Waals surface area (Å²) in [5.74, 6) is -0.346. The second-order valence-electron chi connectivity index (χ2n) is 4.41. The average Bonchev–Trinajstić information content (AvgIpc) is 2.86. The SMILES string of the molecule is Cc1nn2cc(C(=O)Nc3ccc(Cl)c(Cl)c3)sc2nc1=O. The van der Waals surface area contributed by atoms with Crippen molar-refractivity contribution < 1.29 is 4.79 Å². The largest absolute Gasteiger partial charge is 0.321 e. The van der Waals surface area contributed by atoms with E-state index in [1.54, 1.807) is 25.1 Å². The van der Waals surface area contributed by atoms with Gasteiger partial charge in [0.2, 0.25) is 4.96 Å². The minimum Gasteiger partial charge on any atom is -0.321 e. The fourth-order valence-electron chi connectivity index (χ4n) is 1.73. The molecule has 1 aromatic carbocycles. The zero-order valence-electron chi connectivity index (χ0n) is 11.1. The molecule has 0 aliphatic heterocycles. The molecule has 3 aromatic rings. The van der Waals surface area contributed by atoms with E-state index in [9.17, 15) is 9.59 Å². The van der Waals surface area contributed by atoms with Crippen LogP contribution in [0.2, 0.25) is 10.0 Å². The van der Waals surface area contributed by atoms with E-state index in [1.807, 2.05) is 0 Å². The number of thiazole rings is 1. The van der Waals surface area contributed by atoms with Gasteiger partial charge in [-0.15, -0.1) is 0 Å². The van der Waals surface area contributed by atoms with Crippen LogP contribution in [0.15, 0.2) is 29.2 Å². The van der Waals surface area contributed by atoms with Crippen LogP contribution in [0.1, 0.15) is 15.4 Å². The molecule has 0 saturated carbocycles. The van der Waals surface area contributed by atoms with Crippen molar-refractivity contribution in [2.75, 3.05) is 5.32 Å². The van der Waals surface area contributed by atoms with Gasteiger partial charge in [-0.25, -0.2) is 4.52 Å². The molecule has 2 aromatic heterocycles. The van der Waals surface area contributed by atoms with Crippen LogP contribution in [0, 0.1) is 6.92 Å². The van der Waals surface area contributed by atoms with Crippen molar-refractivity contribution in [3.63, 3.8) is 0 Å². The molecule has 0 spiro atoms. The number of carbonyl (C=O) groups is 1. The Bertz CT molecular complexity index is 951. The number of amides is 1. The molecule has 0 aliphatic rings. The lowest BCUT2D eigenvalue weighted by molar-refractivity contribution is 0.103. The molecule has 0 fully saturated rings. The Balaban J connectivity index is 1.91. The first-order valence-electron chi connectivity index (χ1n) is 6.07. The number of aryl methyl sites for hydroxylation is 1. The standard InChI is InChI=1S/C13H8Cl2N4O2S/c1-6-11(20)17-13-19(18-6)5-10(22-13)12(21)16-7-2-3-8(14)9(15)4-7/h2-5H,1H3,(H,16,21). The predicted octanol–water partition coefficient (Wildman–Crippen LogP) is 3.02. The highest BCUT2D eigenvalue weighted by molar-refractivity contribution is 7.18. The van der Waals surface area contributed by atoms with E-state index in [4.69, 9.17) is 23.2 Å². The highest BCUT2D eigenvalue weighted by Crippen LogP contribution is 2.25. The van der Waals surface area contributed by atoms with E-state index in [0.29, 0.717) is 25.6 Å². The summed E-state index contributed by atoms with van der Waals surface area (Å²) < 4.78 is 1.41. The molecule has 1 amide bonds. The lowest BCUT2D eigenvalue weighted by Gasteiger charge is -2.04. The van der Waals surface area contributed by atoms with E-state index in [-0.39, 0.29) is 11.6 Å². The van der Waals surface area contributed by atoms with E-state index in [0.717, 1.165) is 11.3 Å². The summed E-state index contributed by atoms with van der Waals surface area (Å²) in [4.78, 5) is 28.3. The van der Waals surface area contributed by atoms with Gasteiger partial charge < -0.3 is 5.32 Å². The Morgan fingerprint density at radius 1 is 1.32 bits per heavy atom. The number of anilines is 1. The molecule has 6 nitrogen and oxygen atoms in total. The number of hydrogen-bond donors (Lipinski definition) is 1. The maximum Gasteiger partial charge on any atom is 0.295 e. The van der Waals surface area contributed by atoms with E-state index in [2.05, 4.69) is 15.4 Å². The summed E-state index contributed by atoms with van der Waals surface area (Å²) in [7, 11) is 0. The second kappa shape index (κ2) is 5.68. The van der Waals surface area contributed by atoms with Crippen molar-refractivity contribution >= 4 is 51.1 Å². The average molecular weight is 355 g/mol. The number of benzene rings is 1. The third-order valence-corrected chi connectivity index (χ3v) is 4.51. The van der Waals surface area contributed by atoms with E-state index >= 15 is 0 Å². The van der Waals surface area contributed by atoms with Crippen molar-refractivity contribution in [2.45, 2.75) is 6.92 Å². The number of fused-ring (bicyclic) bond motifs is 1. The van der Waals surface area contributed by atoms with Crippen molar-refractivity contribution in [1.82, 2.24) is 14.6 Å². The quantitative estimate of drug-likeness (QED) is 0.767. The third kappa shape index (κ3) is 2.83. The summed E-state index contributed by atoms with van der Waals surface area (Å²) in [6.45, 7) is 1.56. The molecule has 0 aliphatic carbocycles. The van der Waals surface area contributed by atoms with Crippen molar-refractivity contribution in [3.05, 3.63) is 55.4 Å². The number of halogens is 2. The molecule has 0 saturated heterocycles. The third-order valence-electron chi connectivity index (χ3n) is 2.80. The fourth-order valence-corrected chi connectivity index (χ4v) is 2.83. The summed E-state index contributed by atoms with van der Waals surface area (Å²) in [5.41, 5.74) is 0.383. The van der Waals surface area contributed by atoms with Crippen molar-refractivity contribution in [3.8, 4) is 0 Å². The number of hydrogen-bond acceptors (Lipinski definition) is 5. The number of rotatable bonds is 2. The van der Waals surface area contributed by atoms with Gasteiger partial charge in [0.1, 0.15) is 10.6 Å². The number of aromatic nitrogens is 3. The molecule has 0 atom stereocenters. The van der Waals surface area contributed by atoms with Crippen LogP contribution in [-0.4, -0.2) is 20.5 Å². The summed E-state index contributed by atoms with van der Waals surface area (Å²) in [6, 6.07) is 4.79. The van der Waals surface area contributed by atoms with E-state index in [1.165, 1.54) is 10.7 Å². The summed E-state index contributed by atoms with van der Waals surface area (Å²) in [6.07, 6.45) is 1.52. The van der Waals surface area contributed by atoms with Gasteiger partial charge in [-0.2, -0.15) is 10.1 Å². The zero-order valence-corrected chi connectivity index (χ0v) is 13.5. The summed E-state index contributed by atoms with van der Waals surface area (Å²) in [5, 5.41) is 7.50. The Hall–Kier alpha value is -1.96. The number of nitrogens with one attached hydrogen (secondary N) is 1. The molecule has 9 heteroatoms. The van der Waals surface area contributed by atoms with Gasteiger partial charge >= 0.3 is 0 Å². The Morgan fingerprint density at radius 3 is 2.82 bits per heavy atom. The van der Waals surface area contributed by atoms with Crippen molar-refractivity contribution in [2.24, 2.45) is 0 Å². The van der Waals surface area contributed by atoms with Gasteiger partial charge in [0.05, 0.1) is 16.2 Å². The molecular weight excluding hydrogens is 347 g/mol. The highest BCUT2D eigenvalue weighted by Gasteiger charge is 2.13.